The predicted molar refractivity (Wildman–Crippen MR) is 123 cm³/mol. The molecule has 4 heterocycles. The molecule has 3 aromatic heterocycles. The molecule has 1 aliphatic rings. The summed E-state index contributed by atoms with van der Waals surface area (Å²) in [6.07, 6.45) is -3.07. The van der Waals surface area contributed by atoms with Crippen molar-refractivity contribution in [1.82, 2.24) is 29.3 Å². The number of aliphatic hydroxyl groups is 1. The van der Waals surface area contributed by atoms with Gasteiger partial charge in [-0.3, -0.25) is 14.0 Å². The Morgan fingerprint density at radius 2 is 2.08 bits per heavy atom. The summed E-state index contributed by atoms with van der Waals surface area (Å²) in [5.41, 5.74) is 3.52. The average molecular weight is 544 g/mol. The molecule has 4 rings (SSSR count). The van der Waals surface area contributed by atoms with Gasteiger partial charge in [0, 0.05) is 27.0 Å². The lowest BCUT2D eigenvalue weighted by atomic mass is 9.99. The third-order valence-electron chi connectivity index (χ3n) is 5.50. The molecule has 5 N–H and O–H groups in total. The molecular formula is C20H23ClFN7O8. The van der Waals surface area contributed by atoms with Gasteiger partial charge in [-0.1, -0.05) is 0 Å². The molecule has 3 aromatic rings. The van der Waals surface area contributed by atoms with Crippen LogP contribution < -0.4 is 5.73 Å². The second-order valence-electron chi connectivity index (χ2n) is 7.85. The molecule has 0 aromatic carbocycles. The van der Waals surface area contributed by atoms with Crippen LogP contribution in [-0.4, -0.2) is 94.4 Å². The Kier molecular flexibility index (Phi) is 8.37. The maximum atomic E-state index is 14.9. The minimum Gasteiger partial charge on any atom is -0.479 e. The maximum Gasteiger partial charge on any atom is 0.354 e. The van der Waals surface area contributed by atoms with Gasteiger partial charge in [0.25, 0.3) is 0 Å². The summed E-state index contributed by atoms with van der Waals surface area (Å²) in [7, 11) is 2.36. The standard InChI is InChI=1S/C19H19ClFN7O7.CH4O/c1-27-11(16(30)31)2-8(26-27)4-19(6-29,17(32)33)34-5-9-3-10(21)15(35-9)28-7-23-12-13(22)24-18(20)25-14(12)28;1-2/h2,6-7,9-10,15H,3-5H2,1H3,(H,30,31)(H,32,33)(H2,22,24,25);2H,1H3. The average Bonchev–Trinajstić information content (AvgIpc) is 3.54. The number of alkyl halides is 1. The van der Waals surface area contributed by atoms with Crippen LogP contribution in [0.5, 0.6) is 0 Å². The van der Waals surface area contributed by atoms with Crippen LogP contribution in [0.2, 0.25) is 5.28 Å². The summed E-state index contributed by atoms with van der Waals surface area (Å²) in [4.78, 5) is 46.8. The number of aldehydes is 1. The van der Waals surface area contributed by atoms with Crippen LogP contribution in [0.1, 0.15) is 28.8 Å². The van der Waals surface area contributed by atoms with E-state index in [0.717, 1.165) is 17.9 Å². The van der Waals surface area contributed by atoms with Crippen LogP contribution in [0.3, 0.4) is 0 Å². The number of aromatic carboxylic acids is 1. The predicted octanol–water partition coefficient (Wildman–Crippen LogP) is 0.00930. The Bertz CT molecular complexity index is 1320. The lowest BCUT2D eigenvalue weighted by Gasteiger charge is -2.25. The largest absolute Gasteiger partial charge is 0.479 e. The summed E-state index contributed by atoms with van der Waals surface area (Å²) in [5, 5.41) is 29.6. The highest BCUT2D eigenvalue weighted by atomic mass is 35.5. The smallest absolute Gasteiger partial charge is 0.354 e. The number of aromatic nitrogens is 6. The third kappa shape index (κ3) is 5.51. The number of nitrogens with two attached hydrogens (primary N) is 1. The number of carbonyl (C=O) groups excluding carboxylic acids is 1. The van der Waals surface area contributed by atoms with Gasteiger partial charge in [-0.25, -0.2) is 19.0 Å². The van der Waals surface area contributed by atoms with Gasteiger partial charge < -0.3 is 30.5 Å². The fourth-order valence-electron chi connectivity index (χ4n) is 3.79. The fourth-order valence-corrected chi connectivity index (χ4v) is 3.96. The van der Waals surface area contributed by atoms with E-state index in [-0.39, 0.29) is 46.4 Å². The number of aliphatic hydroxyl groups excluding tert-OH is 1. The van der Waals surface area contributed by atoms with Crippen molar-refractivity contribution in [2.75, 3.05) is 19.5 Å². The summed E-state index contributed by atoms with van der Waals surface area (Å²) in [6, 6.07) is 1.13. The van der Waals surface area contributed by atoms with Crippen LogP contribution in [0.15, 0.2) is 12.4 Å². The number of fused-ring (bicyclic) bond motifs is 1. The SMILES string of the molecule is CO.Cn1nc(CC(C=O)(OCC2CC(F)C(n3cnc4c(N)nc(Cl)nc43)O2)C(=O)O)cc1C(=O)O. The first-order valence-corrected chi connectivity index (χ1v) is 10.9. The van der Waals surface area contributed by atoms with Gasteiger partial charge in [0.15, 0.2) is 24.0 Å². The Balaban J connectivity index is 0.00000186. The molecule has 0 bridgehead atoms. The Morgan fingerprint density at radius 3 is 2.68 bits per heavy atom. The fraction of sp³-hybridized carbons (Fsp3) is 0.450. The van der Waals surface area contributed by atoms with Crippen LogP contribution in [-0.2, 0) is 32.5 Å². The number of nitrogens with zero attached hydrogens (tertiary/aromatic N) is 6. The quantitative estimate of drug-likeness (QED) is 0.159. The zero-order valence-electron chi connectivity index (χ0n) is 19.5. The van der Waals surface area contributed by atoms with Crippen molar-refractivity contribution >= 4 is 46.8 Å². The number of rotatable bonds is 9. The van der Waals surface area contributed by atoms with E-state index >= 15 is 0 Å². The van der Waals surface area contributed by atoms with Gasteiger partial charge in [0.2, 0.25) is 10.9 Å². The lowest BCUT2D eigenvalue weighted by Crippen LogP contribution is -2.47. The van der Waals surface area contributed by atoms with E-state index in [9.17, 15) is 23.9 Å². The first-order chi connectivity index (χ1) is 17.5. The van der Waals surface area contributed by atoms with Crippen molar-refractivity contribution in [3.8, 4) is 0 Å². The monoisotopic (exact) mass is 543 g/mol. The number of carboxylic acid groups (broad SMARTS) is 2. The normalized spacial score (nSPS) is 20.7. The van der Waals surface area contributed by atoms with Gasteiger partial charge in [0.1, 0.15) is 17.4 Å². The molecule has 0 saturated carbocycles. The van der Waals surface area contributed by atoms with E-state index in [1.54, 1.807) is 0 Å². The molecule has 200 valence electrons. The van der Waals surface area contributed by atoms with Crippen molar-refractivity contribution < 1.29 is 43.6 Å². The lowest BCUT2D eigenvalue weighted by molar-refractivity contribution is -0.172. The Morgan fingerprint density at radius 1 is 1.38 bits per heavy atom. The molecule has 0 aliphatic carbocycles. The number of hydrogen-bond donors (Lipinski definition) is 4. The van der Waals surface area contributed by atoms with Crippen LogP contribution >= 0.6 is 11.6 Å². The zero-order valence-corrected chi connectivity index (χ0v) is 20.2. The molecule has 4 unspecified atom stereocenters. The van der Waals surface area contributed by atoms with E-state index in [1.807, 2.05) is 0 Å². The summed E-state index contributed by atoms with van der Waals surface area (Å²) >= 11 is 5.84. The van der Waals surface area contributed by atoms with Gasteiger partial charge >= 0.3 is 11.9 Å². The highest BCUT2D eigenvalue weighted by molar-refractivity contribution is 6.28. The highest BCUT2D eigenvalue weighted by Gasteiger charge is 2.44. The number of aryl methyl sites for hydroxylation is 1. The summed E-state index contributed by atoms with van der Waals surface area (Å²) in [6.45, 7) is -0.453. The third-order valence-corrected chi connectivity index (χ3v) is 5.67. The van der Waals surface area contributed by atoms with Crippen molar-refractivity contribution in [2.45, 2.75) is 36.9 Å². The second-order valence-corrected chi connectivity index (χ2v) is 8.19. The number of halogens is 2. The van der Waals surface area contributed by atoms with Gasteiger partial charge in [0.05, 0.1) is 24.7 Å². The van der Waals surface area contributed by atoms with Crippen LogP contribution in [0.4, 0.5) is 10.2 Å². The molecule has 15 nitrogen and oxygen atoms in total. The number of carboxylic acids is 2. The van der Waals surface area contributed by atoms with Crippen molar-refractivity contribution in [3.63, 3.8) is 0 Å². The topological polar surface area (TPSA) is 218 Å². The Labute approximate surface area is 212 Å². The van der Waals surface area contributed by atoms with E-state index in [4.69, 9.17) is 37.0 Å². The molecule has 37 heavy (non-hydrogen) atoms. The zero-order chi connectivity index (χ0) is 27.5. The second kappa shape index (κ2) is 11.1. The van der Waals surface area contributed by atoms with E-state index in [2.05, 4.69) is 20.1 Å². The summed E-state index contributed by atoms with van der Waals surface area (Å²) < 4.78 is 28.3. The number of carbonyl (C=O) groups is 3. The highest BCUT2D eigenvalue weighted by Crippen LogP contribution is 2.34. The minimum absolute atomic E-state index is 0.00448. The molecule has 0 radical (unpaired) electrons. The van der Waals surface area contributed by atoms with Gasteiger partial charge in [-0.15, -0.1) is 0 Å². The van der Waals surface area contributed by atoms with Gasteiger partial charge in [-0.2, -0.15) is 15.1 Å². The maximum absolute atomic E-state index is 14.9. The Hall–Kier alpha value is -3.73. The van der Waals surface area contributed by atoms with Gasteiger partial charge in [-0.05, 0) is 17.7 Å². The van der Waals surface area contributed by atoms with Crippen molar-refractivity contribution in [1.29, 1.82) is 0 Å². The molecular weight excluding hydrogens is 521 g/mol. The number of nitrogen functional groups attached to an aromatic ring is 1. The minimum atomic E-state index is -2.39. The van der Waals surface area contributed by atoms with E-state index in [1.165, 1.54) is 17.9 Å². The number of hydrogen-bond acceptors (Lipinski definition) is 11. The molecule has 1 fully saturated rings. The first-order valence-electron chi connectivity index (χ1n) is 10.5. The number of aliphatic carboxylic acids is 1. The molecule has 4 atom stereocenters. The van der Waals surface area contributed by atoms with Crippen molar-refractivity contribution in [3.05, 3.63) is 29.1 Å². The van der Waals surface area contributed by atoms with E-state index < -0.39 is 49.1 Å². The number of imidazole rings is 1. The van der Waals surface area contributed by atoms with Crippen LogP contribution in [0, 0.1) is 0 Å². The number of ether oxygens (including phenoxy) is 2. The molecule has 0 amide bonds. The number of anilines is 1. The van der Waals surface area contributed by atoms with Crippen molar-refractivity contribution in [2.24, 2.45) is 7.05 Å². The molecule has 1 saturated heterocycles. The first kappa shape index (κ1) is 27.9. The van der Waals surface area contributed by atoms with E-state index in [0.29, 0.717) is 0 Å². The summed E-state index contributed by atoms with van der Waals surface area (Å²) in [5.74, 6) is -2.90. The van der Waals surface area contributed by atoms with Crippen LogP contribution in [0.25, 0.3) is 11.2 Å². The molecule has 1 aliphatic heterocycles. The molecule has 0 spiro atoms. The molecule has 17 heteroatoms.